The van der Waals surface area contributed by atoms with Crippen molar-refractivity contribution in [3.05, 3.63) is 36.0 Å². The minimum Gasteiger partial charge on any atom is -0.497 e. The fourth-order valence-corrected chi connectivity index (χ4v) is 3.76. The first-order chi connectivity index (χ1) is 13.9. The van der Waals surface area contributed by atoms with Gasteiger partial charge in [-0.05, 0) is 74.7 Å². The SMILES string of the molecule is COc1ccc(NC(=S)NC2CCC(Nc3nccc(N(C)C)n3)CC2)c(C)c1. The summed E-state index contributed by atoms with van der Waals surface area (Å²) in [5.74, 6) is 2.45. The van der Waals surface area contributed by atoms with Crippen LogP contribution in [0.15, 0.2) is 30.5 Å². The molecule has 0 radical (unpaired) electrons. The number of ether oxygens (including phenoxy) is 1. The molecule has 1 aromatic heterocycles. The number of aryl methyl sites for hydroxylation is 1. The molecule has 0 spiro atoms. The Labute approximate surface area is 178 Å². The second kappa shape index (κ2) is 9.73. The number of nitrogens with zero attached hydrogens (tertiary/aromatic N) is 3. The zero-order valence-electron chi connectivity index (χ0n) is 17.5. The quantitative estimate of drug-likeness (QED) is 0.620. The number of methoxy groups -OCH3 is 1. The van der Waals surface area contributed by atoms with E-state index in [0.29, 0.717) is 23.1 Å². The normalized spacial score (nSPS) is 18.6. The molecule has 1 heterocycles. The predicted molar refractivity (Wildman–Crippen MR) is 123 cm³/mol. The fourth-order valence-electron chi connectivity index (χ4n) is 3.48. The first kappa shape index (κ1) is 21.1. The molecule has 0 bridgehead atoms. The summed E-state index contributed by atoms with van der Waals surface area (Å²) in [6, 6.07) is 8.59. The monoisotopic (exact) mass is 414 g/mol. The number of nitrogens with one attached hydrogen (secondary N) is 3. The van der Waals surface area contributed by atoms with Crippen molar-refractivity contribution in [2.45, 2.75) is 44.7 Å². The lowest BCUT2D eigenvalue weighted by atomic mass is 9.91. The molecular weight excluding hydrogens is 384 g/mol. The highest BCUT2D eigenvalue weighted by Crippen LogP contribution is 2.23. The van der Waals surface area contributed by atoms with E-state index in [-0.39, 0.29) is 0 Å². The van der Waals surface area contributed by atoms with E-state index in [1.54, 1.807) is 13.3 Å². The molecule has 156 valence electrons. The second-order valence-electron chi connectivity index (χ2n) is 7.61. The zero-order chi connectivity index (χ0) is 20.8. The first-order valence-corrected chi connectivity index (χ1v) is 10.3. The Morgan fingerprint density at radius 3 is 2.52 bits per heavy atom. The van der Waals surface area contributed by atoms with E-state index in [1.807, 2.05) is 50.2 Å². The molecule has 0 aliphatic heterocycles. The van der Waals surface area contributed by atoms with Crippen LogP contribution in [0.4, 0.5) is 17.5 Å². The Morgan fingerprint density at radius 1 is 1.14 bits per heavy atom. The Hall–Kier alpha value is -2.61. The van der Waals surface area contributed by atoms with Crippen LogP contribution < -0.4 is 25.6 Å². The fraction of sp³-hybridized carbons (Fsp3) is 0.476. The molecule has 1 aliphatic carbocycles. The van der Waals surface area contributed by atoms with Gasteiger partial charge in [-0.25, -0.2) is 4.98 Å². The summed E-state index contributed by atoms with van der Waals surface area (Å²) in [6.45, 7) is 2.04. The van der Waals surface area contributed by atoms with Crippen LogP contribution in [0, 0.1) is 6.92 Å². The van der Waals surface area contributed by atoms with Crippen molar-refractivity contribution in [3.8, 4) is 5.75 Å². The predicted octanol–water partition coefficient (Wildman–Crippen LogP) is 3.57. The van der Waals surface area contributed by atoms with E-state index in [4.69, 9.17) is 17.0 Å². The Morgan fingerprint density at radius 2 is 1.86 bits per heavy atom. The molecule has 0 unspecified atom stereocenters. The third-order valence-corrected chi connectivity index (χ3v) is 5.40. The average molecular weight is 415 g/mol. The molecule has 29 heavy (non-hydrogen) atoms. The number of aromatic nitrogens is 2. The number of benzene rings is 1. The van der Waals surface area contributed by atoms with Crippen molar-refractivity contribution in [1.29, 1.82) is 0 Å². The van der Waals surface area contributed by atoms with Gasteiger partial charge in [-0.3, -0.25) is 0 Å². The summed E-state index contributed by atoms with van der Waals surface area (Å²) < 4.78 is 5.25. The second-order valence-corrected chi connectivity index (χ2v) is 8.01. The van der Waals surface area contributed by atoms with Crippen LogP contribution in [-0.4, -0.2) is 48.4 Å². The summed E-state index contributed by atoms with van der Waals surface area (Å²) >= 11 is 5.52. The van der Waals surface area contributed by atoms with Gasteiger partial charge in [0.05, 0.1) is 7.11 Å². The van der Waals surface area contributed by atoms with Gasteiger partial charge >= 0.3 is 0 Å². The van der Waals surface area contributed by atoms with Gasteiger partial charge < -0.3 is 25.6 Å². The van der Waals surface area contributed by atoms with Gasteiger partial charge in [0, 0.05) is 38.1 Å². The van der Waals surface area contributed by atoms with Crippen molar-refractivity contribution in [2.24, 2.45) is 0 Å². The Kier molecular flexibility index (Phi) is 7.09. The Balaban J connectivity index is 1.46. The van der Waals surface area contributed by atoms with E-state index >= 15 is 0 Å². The maximum absolute atomic E-state index is 5.52. The van der Waals surface area contributed by atoms with Gasteiger partial charge in [0.2, 0.25) is 5.95 Å². The topological polar surface area (TPSA) is 74.3 Å². The third kappa shape index (κ3) is 5.93. The maximum Gasteiger partial charge on any atom is 0.224 e. The van der Waals surface area contributed by atoms with Gasteiger partial charge in [0.15, 0.2) is 5.11 Å². The summed E-state index contributed by atoms with van der Waals surface area (Å²) in [7, 11) is 5.63. The van der Waals surface area contributed by atoms with Crippen LogP contribution in [0.25, 0.3) is 0 Å². The lowest BCUT2D eigenvalue weighted by molar-refractivity contribution is 0.387. The van der Waals surface area contributed by atoms with Crippen LogP contribution in [0.5, 0.6) is 5.75 Å². The molecule has 2 aromatic rings. The van der Waals surface area contributed by atoms with Gasteiger partial charge in [-0.1, -0.05) is 0 Å². The van der Waals surface area contributed by atoms with Crippen LogP contribution in [0.3, 0.4) is 0 Å². The van der Waals surface area contributed by atoms with Crippen LogP contribution >= 0.6 is 12.2 Å². The summed E-state index contributed by atoms with van der Waals surface area (Å²) in [4.78, 5) is 10.9. The van der Waals surface area contributed by atoms with E-state index in [0.717, 1.165) is 48.5 Å². The van der Waals surface area contributed by atoms with Gasteiger partial charge in [0.25, 0.3) is 0 Å². The first-order valence-electron chi connectivity index (χ1n) is 9.93. The zero-order valence-corrected chi connectivity index (χ0v) is 18.3. The van der Waals surface area contributed by atoms with Gasteiger partial charge in [-0.15, -0.1) is 0 Å². The molecule has 3 N–H and O–H groups in total. The van der Waals surface area contributed by atoms with E-state index < -0.39 is 0 Å². The van der Waals surface area contributed by atoms with E-state index in [2.05, 4.69) is 25.9 Å². The smallest absolute Gasteiger partial charge is 0.224 e. The highest BCUT2D eigenvalue weighted by Gasteiger charge is 2.22. The number of hydrogen-bond donors (Lipinski definition) is 3. The average Bonchev–Trinajstić information content (AvgIpc) is 2.71. The lowest BCUT2D eigenvalue weighted by Gasteiger charge is -2.30. The molecule has 0 atom stereocenters. The number of hydrogen-bond acceptors (Lipinski definition) is 6. The number of thiocarbonyl (C=S) groups is 1. The number of anilines is 3. The van der Waals surface area contributed by atoms with Gasteiger partial charge in [-0.2, -0.15) is 4.98 Å². The highest BCUT2D eigenvalue weighted by atomic mass is 32.1. The summed E-state index contributed by atoms with van der Waals surface area (Å²) in [5.41, 5.74) is 2.10. The summed E-state index contributed by atoms with van der Waals surface area (Å²) in [6.07, 6.45) is 6.00. The molecular formula is C21H30N6OS. The molecule has 0 saturated heterocycles. The number of rotatable bonds is 6. The van der Waals surface area contributed by atoms with Crippen molar-refractivity contribution >= 4 is 34.8 Å². The minimum absolute atomic E-state index is 0.376. The maximum atomic E-state index is 5.52. The molecule has 1 saturated carbocycles. The lowest BCUT2D eigenvalue weighted by Crippen LogP contribution is -2.42. The van der Waals surface area contributed by atoms with Crippen LogP contribution in [-0.2, 0) is 0 Å². The molecule has 1 aliphatic rings. The molecule has 7 nitrogen and oxygen atoms in total. The van der Waals surface area contributed by atoms with Crippen molar-refractivity contribution in [1.82, 2.24) is 15.3 Å². The minimum atomic E-state index is 0.376. The van der Waals surface area contributed by atoms with Crippen molar-refractivity contribution in [2.75, 3.05) is 36.7 Å². The third-order valence-electron chi connectivity index (χ3n) is 5.18. The Bertz CT molecular complexity index is 836. The van der Waals surface area contributed by atoms with Crippen molar-refractivity contribution < 1.29 is 4.74 Å². The molecule has 0 amide bonds. The van der Waals surface area contributed by atoms with Crippen LogP contribution in [0.2, 0.25) is 0 Å². The summed E-state index contributed by atoms with van der Waals surface area (Å²) in [5, 5.41) is 10.9. The van der Waals surface area contributed by atoms with E-state index in [1.165, 1.54) is 0 Å². The van der Waals surface area contributed by atoms with E-state index in [9.17, 15) is 0 Å². The van der Waals surface area contributed by atoms with Gasteiger partial charge in [0.1, 0.15) is 11.6 Å². The molecule has 1 fully saturated rings. The highest BCUT2D eigenvalue weighted by molar-refractivity contribution is 7.80. The molecule has 3 rings (SSSR count). The molecule has 8 heteroatoms. The van der Waals surface area contributed by atoms with Crippen LogP contribution in [0.1, 0.15) is 31.2 Å². The standard InChI is InChI=1S/C21H30N6OS/c1-14-13-17(28-4)9-10-18(14)25-21(29)24-16-7-5-15(6-8-16)23-20-22-12-11-19(26-20)27(2)3/h9-13,15-16H,5-8H2,1-4H3,(H,22,23,26)(H2,24,25,29). The largest absolute Gasteiger partial charge is 0.497 e. The molecule has 1 aromatic carbocycles. The van der Waals surface area contributed by atoms with Crippen molar-refractivity contribution in [3.63, 3.8) is 0 Å².